The molecular formula is C14H14F2N4. The highest BCUT2D eigenvalue weighted by atomic mass is 19.3. The molecule has 2 heterocycles. The fraction of sp³-hybridized carbons (Fsp3) is 0.286. The smallest absolute Gasteiger partial charge is 0.319 e. The Bertz CT molecular complexity index is 758. The molecule has 0 N–H and O–H groups in total. The third-order valence-corrected chi connectivity index (χ3v) is 3.51. The van der Waals surface area contributed by atoms with Crippen LogP contribution in [-0.4, -0.2) is 19.1 Å². The number of fused-ring (bicyclic) bond motifs is 1. The average Bonchev–Trinajstić information content (AvgIpc) is 2.99. The number of hydrogen-bond acceptors (Lipinski definition) is 2. The number of hydrogen-bond donors (Lipinski definition) is 0. The highest BCUT2D eigenvalue weighted by molar-refractivity contribution is 5.77. The van der Waals surface area contributed by atoms with Crippen LogP contribution in [0.15, 0.2) is 30.9 Å². The Hall–Kier alpha value is -2.24. The highest BCUT2D eigenvalue weighted by Gasteiger charge is 2.13. The van der Waals surface area contributed by atoms with Gasteiger partial charge in [0.25, 0.3) is 0 Å². The summed E-state index contributed by atoms with van der Waals surface area (Å²) in [5.41, 5.74) is 4.11. The number of rotatable bonds is 3. The van der Waals surface area contributed by atoms with E-state index in [9.17, 15) is 8.78 Å². The van der Waals surface area contributed by atoms with Gasteiger partial charge in [0.2, 0.25) is 0 Å². The van der Waals surface area contributed by atoms with Crippen LogP contribution in [0.4, 0.5) is 8.78 Å². The zero-order valence-electron chi connectivity index (χ0n) is 11.2. The van der Waals surface area contributed by atoms with Gasteiger partial charge in [0.1, 0.15) is 5.82 Å². The van der Waals surface area contributed by atoms with Crippen LogP contribution in [0.3, 0.4) is 0 Å². The molecule has 0 amide bonds. The van der Waals surface area contributed by atoms with Crippen LogP contribution in [0, 0.1) is 13.8 Å². The molecule has 3 rings (SSSR count). The monoisotopic (exact) mass is 276 g/mol. The van der Waals surface area contributed by atoms with Crippen LogP contribution < -0.4 is 0 Å². The lowest BCUT2D eigenvalue weighted by Crippen LogP contribution is -2.08. The van der Waals surface area contributed by atoms with Gasteiger partial charge < -0.3 is 4.57 Å². The quantitative estimate of drug-likeness (QED) is 0.736. The van der Waals surface area contributed by atoms with Gasteiger partial charge in [-0.3, -0.25) is 4.57 Å². The first-order valence-electron chi connectivity index (χ1n) is 6.28. The van der Waals surface area contributed by atoms with Crippen molar-refractivity contribution in [3.8, 4) is 0 Å². The largest absolute Gasteiger partial charge is 0.323 e. The minimum atomic E-state index is -2.58. The SMILES string of the molecule is Cc1cc2ncn(Cc3nccn3C(F)F)c2cc1C. The molecule has 0 spiro atoms. The summed E-state index contributed by atoms with van der Waals surface area (Å²) in [6, 6.07) is 4.02. The van der Waals surface area contributed by atoms with Crippen LogP contribution in [0.25, 0.3) is 11.0 Å². The lowest BCUT2D eigenvalue weighted by Gasteiger charge is -2.08. The highest BCUT2D eigenvalue weighted by Crippen LogP contribution is 2.20. The molecule has 6 heteroatoms. The first-order valence-corrected chi connectivity index (χ1v) is 6.28. The molecule has 0 fully saturated rings. The van der Waals surface area contributed by atoms with E-state index in [0.717, 1.165) is 26.7 Å². The normalized spacial score (nSPS) is 11.7. The maximum Gasteiger partial charge on any atom is 0.319 e. The van der Waals surface area contributed by atoms with Crippen molar-refractivity contribution in [3.63, 3.8) is 0 Å². The molecule has 104 valence electrons. The summed E-state index contributed by atoms with van der Waals surface area (Å²) in [5.74, 6) is 0.317. The Kier molecular flexibility index (Phi) is 3.00. The van der Waals surface area contributed by atoms with Gasteiger partial charge in [0.05, 0.1) is 23.9 Å². The van der Waals surface area contributed by atoms with Crippen molar-refractivity contribution in [2.45, 2.75) is 26.9 Å². The van der Waals surface area contributed by atoms with Crippen molar-refractivity contribution in [2.75, 3.05) is 0 Å². The van der Waals surface area contributed by atoms with Crippen LogP contribution >= 0.6 is 0 Å². The Morgan fingerprint density at radius 1 is 1.15 bits per heavy atom. The molecule has 0 saturated heterocycles. The minimum Gasteiger partial charge on any atom is -0.323 e. The predicted octanol–water partition coefficient (Wildman–Crippen LogP) is 3.29. The number of aromatic nitrogens is 4. The van der Waals surface area contributed by atoms with Crippen molar-refractivity contribution in [2.24, 2.45) is 0 Å². The number of alkyl halides is 2. The van der Waals surface area contributed by atoms with Gasteiger partial charge in [0.15, 0.2) is 0 Å². The Labute approximate surface area is 114 Å². The summed E-state index contributed by atoms with van der Waals surface area (Å²) in [7, 11) is 0. The predicted molar refractivity (Wildman–Crippen MR) is 71.8 cm³/mol. The fourth-order valence-corrected chi connectivity index (χ4v) is 2.24. The Balaban J connectivity index is 2.03. The molecule has 20 heavy (non-hydrogen) atoms. The second-order valence-electron chi connectivity index (χ2n) is 4.83. The first-order chi connectivity index (χ1) is 9.56. The second kappa shape index (κ2) is 4.70. The third-order valence-electron chi connectivity index (χ3n) is 3.51. The molecule has 0 bridgehead atoms. The van der Waals surface area contributed by atoms with E-state index in [1.54, 1.807) is 6.33 Å². The summed E-state index contributed by atoms with van der Waals surface area (Å²) in [6.07, 6.45) is 4.33. The topological polar surface area (TPSA) is 35.6 Å². The lowest BCUT2D eigenvalue weighted by molar-refractivity contribution is 0.0667. The van der Waals surface area contributed by atoms with Gasteiger partial charge in [0, 0.05) is 12.4 Å². The third kappa shape index (κ3) is 2.07. The number of halogens is 2. The van der Waals surface area contributed by atoms with Crippen molar-refractivity contribution in [1.82, 2.24) is 19.1 Å². The molecule has 0 unspecified atom stereocenters. The van der Waals surface area contributed by atoms with Gasteiger partial charge in [-0.05, 0) is 37.1 Å². The van der Waals surface area contributed by atoms with E-state index < -0.39 is 6.55 Å². The summed E-state index contributed by atoms with van der Waals surface area (Å²) >= 11 is 0. The summed E-state index contributed by atoms with van der Waals surface area (Å²) in [4.78, 5) is 8.31. The first kappa shape index (κ1) is 12.8. The number of benzene rings is 1. The van der Waals surface area contributed by atoms with Crippen LogP contribution in [0.1, 0.15) is 23.5 Å². The van der Waals surface area contributed by atoms with E-state index in [2.05, 4.69) is 9.97 Å². The molecule has 0 aliphatic heterocycles. The average molecular weight is 276 g/mol. The molecule has 0 atom stereocenters. The standard InChI is InChI=1S/C14H14F2N4/c1-9-5-11-12(6-10(9)2)19(8-18-11)7-13-17-3-4-20(13)14(15)16/h3-6,8,14H,7H2,1-2H3. The summed E-state index contributed by atoms with van der Waals surface area (Å²) in [6.45, 7) is 1.74. The van der Waals surface area contributed by atoms with Gasteiger partial charge in [-0.1, -0.05) is 0 Å². The van der Waals surface area contributed by atoms with Gasteiger partial charge in [-0.15, -0.1) is 0 Å². The molecule has 0 aliphatic rings. The molecule has 0 saturated carbocycles. The molecule has 0 aliphatic carbocycles. The van der Waals surface area contributed by atoms with Crippen molar-refractivity contribution >= 4 is 11.0 Å². The van der Waals surface area contributed by atoms with Crippen molar-refractivity contribution in [1.29, 1.82) is 0 Å². The fourth-order valence-electron chi connectivity index (χ4n) is 2.24. The van der Waals surface area contributed by atoms with E-state index in [0.29, 0.717) is 5.82 Å². The van der Waals surface area contributed by atoms with E-state index >= 15 is 0 Å². The minimum absolute atomic E-state index is 0.274. The van der Waals surface area contributed by atoms with Gasteiger partial charge in [-0.2, -0.15) is 8.78 Å². The maximum absolute atomic E-state index is 12.8. The van der Waals surface area contributed by atoms with E-state index in [1.165, 1.54) is 12.4 Å². The number of nitrogens with zero attached hydrogens (tertiary/aromatic N) is 4. The molecule has 0 radical (unpaired) electrons. The second-order valence-corrected chi connectivity index (χ2v) is 4.83. The molecule has 3 aromatic rings. The zero-order chi connectivity index (χ0) is 14.3. The summed E-state index contributed by atoms with van der Waals surface area (Å²) in [5, 5.41) is 0. The van der Waals surface area contributed by atoms with E-state index in [-0.39, 0.29) is 6.54 Å². The number of imidazole rings is 2. The maximum atomic E-state index is 12.8. The van der Waals surface area contributed by atoms with E-state index in [4.69, 9.17) is 0 Å². The Morgan fingerprint density at radius 2 is 1.90 bits per heavy atom. The zero-order valence-corrected chi connectivity index (χ0v) is 11.2. The van der Waals surface area contributed by atoms with Crippen LogP contribution in [0.5, 0.6) is 0 Å². The Morgan fingerprint density at radius 3 is 2.65 bits per heavy atom. The van der Waals surface area contributed by atoms with Crippen LogP contribution in [-0.2, 0) is 6.54 Å². The van der Waals surface area contributed by atoms with Gasteiger partial charge >= 0.3 is 6.55 Å². The molecule has 1 aromatic carbocycles. The van der Waals surface area contributed by atoms with Crippen LogP contribution in [0.2, 0.25) is 0 Å². The lowest BCUT2D eigenvalue weighted by atomic mass is 10.1. The molecule has 2 aromatic heterocycles. The van der Waals surface area contributed by atoms with Crippen molar-refractivity contribution in [3.05, 3.63) is 47.8 Å². The van der Waals surface area contributed by atoms with E-state index in [1.807, 2.05) is 30.5 Å². The number of aryl methyl sites for hydroxylation is 2. The van der Waals surface area contributed by atoms with Gasteiger partial charge in [-0.25, -0.2) is 9.97 Å². The molecular weight excluding hydrogens is 262 g/mol. The molecule has 4 nitrogen and oxygen atoms in total. The summed E-state index contributed by atoms with van der Waals surface area (Å²) < 4.78 is 28.3. The van der Waals surface area contributed by atoms with Crippen molar-refractivity contribution < 1.29 is 8.78 Å².